The highest BCUT2D eigenvalue weighted by Gasteiger charge is 2.22. The summed E-state index contributed by atoms with van der Waals surface area (Å²) in [5.74, 6) is 0. The van der Waals surface area contributed by atoms with E-state index in [0.717, 1.165) is 0 Å². The minimum atomic E-state index is 1.24. The molecule has 4 aromatic heterocycles. The first-order valence-electron chi connectivity index (χ1n) is 10.3. The lowest BCUT2D eigenvalue weighted by molar-refractivity contribution is -0.660. The molecule has 142 valence electrons. The van der Waals surface area contributed by atoms with E-state index < -0.39 is 0 Å². The van der Waals surface area contributed by atoms with E-state index in [0.29, 0.717) is 0 Å². The van der Waals surface area contributed by atoms with E-state index in [1.54, 1.807) is 0 Å². The molecule has 0 saturated carbocycles. The van der Waals surface area contributed by atoms with E-state index in [4.69, 9.17) is 0 Å². The number of benzene rings is 3. The van der Waals surface area contributed by atoms with Crippen molar-refractivity contribution >= 4 is 58.8 Å². The smallest absolute Gasteiger partial charge is 0.212 e. The van der Waals surface area contributed by atoms with E-state index >= 15 is 0 Å². The lowest BCUT2D eigenvalue weighted by atomic mass is 10.00. The Kier molecular flexibility index (Phi) is 3.05. The van der Waals surface area contributed by atoms with Gasteiger partial charge in [0, 0.05) is 49.3 Å². The SMILES string of the molecule is Cc1cc2c(cc1-c1cccc[n+]1C)c1cccc3c4c5ccccc5sc4n2c13. The van der Waals surface area contributed by atoms with Gasteiger partial charge >= 0.3 is 0 Å². The number of fused-ring (bicyclic) bond motifs is 8. The second-order valence-electron chi connectivity index (χ2n) is 8.20. The Hall–Kier alpha value is -3.43. The summed E-state index contributed by atoms with van der Waals surface area (Å²) in [6.45, 7) is 2.23. The van der Waals surface area contributed by atoms with Crippen LogP contribution in [0.3, 0.4) is 0 Å². The summed E-state index contributed by atoms with van der Waals surface area (Å²) in [7, 11) is 2.12. The number of aromatic nitrogens is 2. The normalized spacial score (nSPS) is 12.3. The van der Waals surface area contributed by atoms with Gasteiger partial charge < -0.3 is 0 Å². The molecule has 0 saturated heterocycles. The van der Waals surface area contributed by atoms with E-state index in [1.165, 1.54) is 64.3 Å². The molecule has 0 aliphatic carbocycles. The van der Waals surface area contributed by atoms with Gasteiger partial charge in [0.2, 0.25) is 5.69 Å². The van der Waals surface area contributed by atoms with Crippen LogP contribution in [0.25, 0.3) is 58.8 Å². The average Bonchev–Trinajstić information content (AvgIpc) is 3.39. The van der Waals surface area contributed by atoms with Crippen LogP contribution in [0.2, 0.25) is 0 Å². The third-order valence-electron chi connectivity index (χ3n) is 6.51. The van der Waals surface area contributed by atoms with Gasteiger partial charge in [0.1, 0.15) is 11.9 Å². The van der Waals surface area contributed by atoms with Crippen LogP contribution in [0.1, 0.15) is 5.56 Å². The number of hydrogen-bond donors (Lipinski definition) is 0. The molecule has 0 spiro atoms. The van der Waals surface area contributed by atoms with Crippen LogP contribution in [-0.2, 0) is 7.05 Å². The van der Waals surface area contributed by atoms with Gasteiger partial charge in [0.15, 0.2) is 6.20 Å². The Morgan fingerprint density at radius 1 is 0.800 bits per heavy atom. The van der Waals surface area contributed by atoms with E-state index in [2.05, 4.69) is 102 Å². The minimum absolute atomic E-state index is 1.24. The lowest BCUT2D eigenvalue weighted by Gasteiger charge is -2.06. The third kappa shape index (κ3) is 1.91. The molecule has 2 nitrogen and oxygen atoms in total. The highest BCUT2D eigenvalue weighted by molar-refractivity contribution is 7.25. The second kappa shape index (κ2) is 5.59. The number of thiophene rings is 1. The topological polar surface area (TPSA) is 8.29 Å². The zero-order valence-electron chi connectivity index (χ0n) is 16.8. The van der Waals surface area contributed by atoms with Crippen molar-refractivity contribution in [3.05, 3.63) is 84.6 Å². The molecule has 3 heteroatoms. The van der Waals surface area contributed by atoms with Crippen molar-refractivity contribution in [3.8, 4) is 11.3 Å². The highest BCUT2D eigenvalue weighted by atomic mass is 32.1. The van der Waals surface area contributed by atoms with Crippen molar-refractivity contribution in [2.24, 2.45) is 7.05 Å². The van der Waals surface area contributed by atoms with Crippen molar-refractivity contribution < 1.29 is 4.57 Å². The van der Waals surface area contributed by atoms with Gasteiger partial charge in [0.25, 0.3) is 0 Å². The fourth-order valence-corrected chi connectivity index (χ4v) is 6.40. The van der Waals surface area contributed by atoms with Crippen molar-refractivity contribution in [2.45, 2.75) is 6.92 Å². The molecule has 0 aliphatic heterocycles. The molecule has 0 atom stereocenters. The van der Waals surface area contributed by atoms with Crippen molar-refractivity contribution in [1.29, 1.82) is 0 Å². The Bertz CT molecular complexity index is 1770. The minimum Gasteiger partial charge on any atom is -0.299 e. The number of nitrogens with zero attached hydrogens (tertiary/aromatic N) is 2. The summed E-state index contributed by atoms with van der Waals surface area (Å²) >= 11 is 1.90. The molecule has 3 aromatic carbocycles. The summed E-state index contributed by atoms with van der Waals surface area (Å²) in [4.78, 5) is 1.36. The van der Waals surface area contributed by atoms with Crippen LogP contribution >= 0.6 is 11.3 Å². The maximum Gasteiger partial charge on any atom is 0.212 e. The number of rotatable bonds is 1. The van der Waals surface area contributed by atoms with Gasteiger partial charge in [-0.15, -0.1) is 11.3 Å². The maximum absolute atomic E-state index is 2.50. The van der Waals surface area contributed by atoms with Crippen LogP contribution < -0.4 is 4.57 Å². The molecular formula is C27H19N2S+. The summed E-state index contributed by atoms with van der Waals surface area (Å²) in [6, 6.07) is 26.7. The zero-order chi connectivity index (χ0) is 20.0. The molecule has 7 rings (SSSR count). The summed E-state index contributed by atoms with van der Waals surface area (Å²) in [6.07, 6.45) is 2.12. The van der Waals surface area contributed by atoms with E-state index in [1.807, 2.05) is 11.3 Å². The first kappa shape index (κ1) is 16.4. The molecule has 4 heterocycles. The Morgan fingerprint density at radius 3 is 2.50 bits per heavy atom. The fraction of sp³-hybridized carbons (Fsp3) is 0.0741. The van der Waals surface area contributed by atoms with Crippen LogP contribution in [0.4, 0.5) is 0 Å². The molecule has 0 aliphatic rings. The summed E-state index contributed by atoms with van der Waals surface area (Å²) < 4.78 is 6.06. The quantitative estimate of drug-likeness (QED) is 0.265. The van der Waals surface area contributed by atoms with Gasteiger partial charge in [0.05, 0.1) is 11.0 Å². The van der Waals surface area contributed by atoms with Crippen LogP contribution in [0.15, 0.2) is 79.0 Å². The molecule has 0 radical (unpaired) electrons. The van der Waals surface area contributed by atoms with Crippen LogP contribution in [-0.4, -0.2) is 4.40 Å². The maximum atomic E-state index is 2.50. The first-order chi connectivity index (χ1) is 14.7. The first-order valence-corrected chi connectivity index (χ1v) is 11.1. The largest absolute Gasteiger partial charge is 0.299 e. The summed E-state index contributed by atoms with van der Waals surface area (Å²) in [5.41, 5.74) is 6.51. The molecule has 0 N–H and O–H groups in total. The van der Waals surface area contributed by atoms with Crippen molar-refractivity contribution in [3.63, 3.8) is 0 Å². The third-order valence-corrected chi connectivity index (χ3v) is 7.67. The van der Waals surface area contributed by atoms with Crippen molar-refractivity contribution in [1.82, 2.24) is 4.40 Å². The van der Waals surface area contributed by atoms with Crippen molar-refractivity contribution in [2.75, 3.05) is 0 Å². The molecule has 30 heavy (non-hydrogen) atoms. The van der Waals surface area contributed by atoms with Crippen LogP contribution in [0.5, 0.6) is 0 Å². The second-order valence-corrected chi connectivity index (χ2v) is 9.23. The molecule has 0 fully saturated rings. The number of para-hydroxylation sites is 1. The Balaban J connectivity index is 1.70. The summed E-state index contributed by atoms with van der Waals surface area (Å²) in [5, 5.41) is 6.80. The lowest BCUT2D eigenvalue weighted by Crippen LogP contribution is -2.30. The predicted molar refractivity (Wildman–Crippen MR) is 128 cm³/mol. The standard InChI is InChI=1S/C27H19N2S/c1-16-14-23-21(15-20(16)22-11-5-6-13-28(22)2)17-9-7-10-19-25-18-8-3-4-12-24(18)30-27(25)29(23)26(17)19/h3-15H,1-2H3/q+1. The van der Waals surface area contributed by atoms with Gasteiger partial charge in [-0.1, -0.05) is 36.4 Å². The van der Waals surface area contributed by atoms with Gasteiger partial charge in [-0.05, 0) is 36.8 Å². The van der Waals surface area contributed by atoms with Gasteiger partial charge in [-0.2, -0.15) is 0 Å². The average molecular weight is 404 g/mol. The Morgan fingerprint density at radius 2 is 1.60 bits per heavy atom. The zero-order valence-corrected chi connectivity index (χ0v) is 17.6. The van der Waals surface area contributed by atoms with Gasteiger partial charge in [-0.3, -0.25) is 4.40 Å². The Labute approximate surface area is 177 Å². The molecule has 7 aromatic rings. The van der Waals surface area contributed by atoms with E-state index in [9.17, 15) is 0 Å². The molecule has 0 amide bonds. The molecular weight excluding hydrogens is 384 g/mol. The number of pyridine rings is 1. The fourth-order valence-electron chi connectivity index (χ4n) is 5.16. The van der Waals surface area contributed by atoms with Gasteiger partial charge in [-0.25, -0.2) is 4.57 Å². The molecule has 0 unspecified atom stereocenters. The number of hydrogen-bond acceptors (Lipinski definition) is 1. The highest BCUT2D eigenvalue weighted by Crippen LogP contribution is 2.46. The molecule has 0 bridgehead atoms. The monoisotopic (exact) mass is 403 g/mol. The predicted octanol–water partition coefficient (Wildman–Crippen LogP) is 6.85. The van der Waals surface area contributed by atoms with Crippen LogP contribution in [0, 0.1) is 6.92 Å². The number of aryl methyl sites for hydroxylation is 2. The van der Waals surface area contributed by atoms with E-state index in [-0.39, 0.29) is 0 Å².